The Morgan fingerprint density at radius 3 is 2.04 bits per heavy atom. The zero-order valence-corrected chi connectivity index (χ0v) is 18.1. The number of halogens is 1. The van der Waals surface area contributed by atoms with E-state index in [1.54, 1.807) is 0 Å². The predicted octanol–water partition coefficient (Wildman–Crippen LogP) is 4.33. The second-order valence-electron chi connectivity index (χ2n) is 7.10. The van der Waals surface area contributed by atoms with Gasteiger partial charge in [-0.15, -0.1) is 0 Å². The van der Waals surface area contributed by atoms with E-state index in [9.17, 15) is 0 Å². The van der Waals surface area contributed by atoms with Crippen molar-refractivity contribution < 1.29 is 0 Å². The topological polar surface area (TPSA) is 0 Å². The van der Waals surface area contributed by atoms with Gasteiger partial charge >= 0.3 is 0 Å². The number of hydrogen-bond donors (Lipinski definition) is 0. The van der Waals surface area contributed by atoms with E-state index in [-0.39, 0.29) is 0 Å². The molecular weight excluding hydrogens is 352 g/mol. The molecule has 1 unspecified atom stereocenters. The van der Waals surface area contributed by atoms with E-state index in [4.69, 9.17) is 11.6 Å². The smallest absolute Gasteiger partial charge is 0.0845 e. The number of hydrogen-bond acceptors (Lipinski definition) is 0. The molecule has 0 saturated heterocycles. The van der Waals surface area contributed by atoms with Crippen molar-refractivity contribution in [2.24, 2.45) is 0 Å². The fourth-order valence-electron chi connectivity index (χ4n) is 3.67. The molecule has 0 aromatic heterocycles. The highest BCUT2D eigenvalue weighted by atomic mass is 35.5. The molecule has 0 aliphatic carbocycles. The van der Waals surface area contributed by atoms with Crippen molar-refractivity contribution in [1.82, 2.24) is 0 Å². The van der Waals surface area contributed by atoms with Gasteiger partial charge in [-0.2, -0.15) is 0 Å². The standard InChI is InChI=1S/C24H27ClSi/c1-5-19-14-20(6-2)16-21(15-19)26(23-10-8-7-9-22(23)25)24-13-17(3)11-12-18(24)4/h7-16,26H,5-6H2,1-4H3. The van der Waals surface area contributed by atoms with Crippen LogP contribution in [0.3, 0.4) is 0 Å². The van der Waals surface area contributed by atoms with Gasteiger partial charge in [0.2, 0.25) is 0 Å². The van der Waals surface area contributed by atoms with Crippen LogP contribution >= 0.6 is 11.6 Å². The van der Waals surface area contributed by atoms with E-state index in [2.05, 4.69) is 76.2 Å². The van der Waals surface area contributed by atoms with Gasteiger partial charge in [-0.25, -0.2) is 0 Å². The number of rotatable bonds is 5. The third kappa shape index (κ3) is 3.95. The van der Waals surface area contributed by atoms with Crippen LogP contribution < -0.4 is 15.6 Å². The Labute approximate surface area is 164 Å². The molecule has 0 aliphatic rings. The fourth-order valence-corrected chi connectivity index (χ4v) is 7.61. The molecule has 0 fully saturated rings. The summed E-state index contributed by atoms with van der Waals surface area (Å²) in [6.45, 7) is 8.89. The number of aryl methyl sites for hydroxylation is 4. The van der Waals surface area contributed by atoms with Crippen LogP contribution in [0.25, 0.3) is 0 Å². The molecule has 0 amide bonds. The summed E-state index contributed by atoms with van der Waals surface area (Å²) >= 11 is 6.69. The van der Waals surface area contributed by atoms with Crippen molar-refractivity contribution in [3.8, 4) is 0 Å². The summed E-state index contributed by atoms with van der Waals surface area (Å²) in [5.41, 5.74) is 5.54. The van der Waals surface area contributed by atoms with Crippen LogP contribution in [0.4, 0.5) is 0 Å². The molecule has 0 nitrogen and oxygen atoms in total. The van der Waals surface area contributed by atoms with Gasteiger partial charge in [-0.3, -0.25) is 0 Å². The first-order valence-corrected chi connectivity index (χ1v) is 11.6. The Hall–Kier alpha value is -1.83. The van der Waals surface area contributed by atoms with E-state index in [1.807, 2.05) is 12.1 Å². The van der Waals surface area contributed by atoms with E-state index in [0.29, 0.717) is 0 Å². The lowest BCUT2D eigenvalue weighted by Crippen LogP contribution is -2.53. The van der Waals surface area contributed by atoms with E-state index < -0.39 is 8.80 Å². The summed E-state index contributed by atoms with van der Waals surface area (Å²) in [6, 6.07) is 22.4. The normalized spacial score (nSPS) is 12.2. The van der Waals surface area contributed by atoms with Crippen LogP contribution in [0.5, 0.6) is 0 Å². The first-order valence-electron chi connectivity index (χ1n) is 9.47. The van der Waals surface area contributed by atoms with E-state index in [0.717, 1.165) is 17.9 Å². The summed E-state index contributed by atoms with van der Waals surface area (Å²) in [5.74, 6) is 0. The first-order chi connectivity index (χ1) is 12.5. The fraction of sp³-hybridized carbons (Fsp3) is 0.250. The van der Waals surface area contributed by atoms with Gasteiger partial charge in [0.05, 0.1) is 0 Å². The molecule has 26 heavy (non-hydrogen) atoms. The third-order valence-corrected chi connectivity index (χ3v) is 9.08. The molecule has 0 saturated carbocycles. The summed E-state index contributed by atoms with van der Waals surface area (Å²) in [7, 11) is -1.63. The first kappa shape index (κ1) is 18.9. The molecule has 0 heterocycles. The minimum Gasteiger partial charge on any atom is -0.0845 e. The van der Waals surface area contributed by atoms with Gasteiger partial charge in [0.25, 0.3) is 0 Å². The third-order valence-electron chi connectivity index (χ3n) is 5.19. The Balaban J connectivity index is 2.29. The van der Waals surface area contributed by atoms with E-state index in [1.165, 1.54) is 37.8 Å². The maximum absolute atomic E-state index is 6.69. The number of benzene rings is 3. The quantitative estimate of drug-likeness (QED) is 0.458. The Morgan fingerprint density at radius 2 is 1.42 bits per heavy atom. The second-order valence-corrected chi connectivity index (χ2v) is 10.3. The lowest BCUT2D eigenvalue weighted by atomic mass is 10.1. The van der Waals surface area contributed by atoms with Crippen molar-refractivity contribution in [2.45, 2.75) is 40.5 Å². The van der Waals surface area contributed by atoms with Gasteiger partial charge in [0.15, 0.2) is 0 Å². The largest absolute Gasteiger partial charge is 0.135 e. The van der Waals surface area contributed by atoms with Crippen molar-refractivity contribution >= 4 is 36.0 Å². The van der Waals surface area contributed by atoms with Crippen molar-refractivity contribution in [1.29, 1.82) is 0 Å². The van der Waals surface area contributed by atoms with Gasteiger partial charge in [0, 0.05) is 5.02 Å². The summed E-state index contributed by atoms with van der Waals surface area (Å²) < 4.78 is 0. The Bertz CT molecular complexity index is 892. The maximum atomic E-state index is 6.69. The molecule has 1 atom stereocenters. The molecule has 2 heteroatoms. The Kier molecular flexibility index (Phi) is 6.00. The van der Waals surface area contributed by atoms with Crippen LogP contribution in [-0.4, -0.2) is 8.80 Å². The molecule has 134 valence electrons. The molecule has 0 radical (unpaired) electrons. The SMILES string of the molecule is CCc1cc(CC)cc([SiH](c2cc(C)ccc2C)c2ccccc2Cl)c1. The zero-order chi connectivity index (χ0) is 18.7. The van der Waals surface area contributed by atoms with Crippen molar-refractivity contribution in [3.63, 3.8) is 0 Å². The highest BCUT2D eigenvalue weighted by Gasteiger charge is 2.23. The lowest BCUT2D eigenvalue weighted by Gasteiger charge is -2.22. The zero-order valence-electron chi connectivity index (χ0n) is 16.1. The van der Waals surface area contributed by atoms with Crippen LogP contribution in [0.15, 0.2) is 60.7 Å². The van der Waals surface area contributed by atoms with E-state index >= 15 is 0 Å². The molecule has 0 aliphatic heterocycles. The molecule has 0 N–H and O–H groups in total. The van der Waals surface area contributed by atoms with Gasteiger partial charge < -0.3 is 0 Å². The summed E-state index contributed by atoms with van der Waals surface area (Å²) in [5, 5.41) is 5.17. The molecule has 3 aromatic carbocycles. The Morgan fingerprint density at radius 1 is 0.769 bits per heavy atom. The van der Waals surface area contributed by atoms with Gasteiger partial charge in [-0.1, -0.05) is 96.4 Å². The lowest BCUT2D eigenvalue weighted by molar-refractivity contribution is 1.09. The van der Waals surface area contributed by atoms with Crippen LogP contribution in [-0.2, 0) is 12.8 Å². The van der Waals surface area contributed by atoms with Gasteiger partial charge in [0.1, 0.15) is 8.80 Å². The second kappa shape index (κ2) is 8.24. The van der Waals surface area contributed by atoms with Crippen LogP contribution in [0, 0.1) is 13.8 Å². The average Bonchev–Trinajstić information content (AvgIpc) is 2.66. The van der Waals surface area contributed by atoms with Crippen LogP contribution in [0.1, 0.15) is 36.1 Å². The van der Waals surface area contributed by atoms with Crippen molar-refractivity contribution in [2.75, 3.05) is 0 Å². The molecule has 0 spiro atoms. The maximum Gasteiger partial charge on any atom is 0.135 e. The summed E-state index contributed by atoms with van der Waals surface area (Å²) in [4.78, 5) is 0. The van der Waals surface area contributed by atoms with Gasteiger partial charge in [-0.05, 0) is 54.3 Å². The monoisotopic (exact) mass is 378 g/mol. The molecule has 0 bridgehead atoms. The summed E-state index contributed by atoms with van der Waals surface area (Å²) in [6.07, 6.45) is 2.13. The minimum absolute atomic E-state index is 0.894. The molecular formula is C24H27ClSi. The highest BCUT2D eigenvalue weighted by molar-refractivity contribution is 6.96. The predicted molar refractivity (Wildman–Crippen MR) is 119 cm³/mol. The van der Waals surface area contributed by atoms with Crippen LogP contribution in [0.2, 0.25) is 5.02 Å². The van der Waals surface area contributed by atoms with Crippen molar-refractivity contribution in [3.05, 3.63) is 87.9 Å². The molecule has 3 rings (SSSR count). The minimum atomic E-state index is -1.63. The molecule has 3 aromatic rings. The average molecular weight is 379 g/mol. The highest BCUT2D eigenvalue weighted by Crippen LogP contribution is 2.12.